The molecule has 0 unspecified atom stereocenters. The van der Waals surface area contributed by atoms with Crippen molar-refractivity contribution in [3.63, 3.8) is 0 Å². The van der Waals surface area contributed by atoms with Gasteiger partial charge in [0, 0.05) is 6.54 Å². The fourth-order valence-corrected chi connectivity index (χ4v) is 1.90. The Morgan fingerprint density at radius 1 is 1.37 bits per heavy atom. The van der Waals surface area contributed by atoms with Crippen LogP contribution < -0.4 is 5.32 Å². The quantitative estimate of drug-likeness (QED) is 0.881. The largest absolute Gasteiger partial charge is 0.347 e. The first-order valence-electron chi connectivity index (χ1n) is 5.72. The van der Waals surface area contributed by atoms with Crippen molar-refractivity contribution < 1.29 is 9.18 Å². The van der Waals surface area contributed by atoms with Crippen molar-refractivity contribution in [3.8, 4) is 0 Å². The maximum Gasteiger partial charge on any atom is 0.270 e. The van der Waals surface area contributed by atoms with E-state index in [2.05, 4.69) is 26.2 Å². The molecular weight excluding hydrogens is 311 g/mol. The van der Waals surface area contributed by atoms with Crippen LogP contribution in [0.3, 0.4) is 0 Å². The summed E-state index contributed by atoms with van der Waals surface area (Å²) in [6.45, 7) is 1.97. The predicted molar refractivity (Wildman–Crippen MR) is 74.2 cm³/mol. The summed E-state index contributed by atoms with van der Waals surface area (Å²) in [5, 5.41) is 2.70. The highest BCUT2D eigenvalue weighted by molar-refractivity contribution is 9.10. The number of hydrogen-bond acceptors (Lipinski definition) is 2. The first kappa shape index (κ1) is 13.7. The lowest BCUT2D eigenvalue weighted by molar-refractivity contribution is 0.0945. The van der Waals surface area contributed by atoms with Gasteiger partial charge in [-0.3, -0.25) is 4.79 Å². The first-order valence-corrected chi connectivity index (χ1v) is 6.51. The number of pyridine rings is 1. The zero-order chi connectivity index (χ0) is 13.8. The smallest absolute Gasteiger partial charge is 0.270 e. The molecule has 2 rings (SSSR count). The molecule has 0 atom stereocenters. The van der Waals surface area contributed by atoms with E-state index in [0.29, 0.717) is 21.4 Å². The summed E-state index contributed by atoms with van der Waals surface area (Å²) in [5.41, 5.74) is 1.62. The molecule has 1 aromatic heterocycles. The van der Waals surface area contributed by atoms with Crippen LogP contribution in [0.15, 0.2) is 41.0 Å². The predicted octanol–water partition coefficient (Wildman–Crippen LogP) is 3.22. The summed E-state index contributed by atoms with van der Waals surface area (Å²) in [5.74, 6) is -0.561. The van der Waals surface area contributed by atoms with E-state index in [0.717, 1.165) is 0 Å². The van der Waals surface area contributed by atoms with Crippen molar-refractivity contribution in [1.29, 1.82) is 0 Å². The van der Waals surface area contributed by atoms with Crippen LogP contribution in [0.5, 0.6) is 0 Å². The van der Waals surface area contributed by atoms with Crippen LogP contribution >= 0.6 is 15.9 Å². The van der Waals surface area contributed by atoms with Gasteiger partial charge in [0.25, 0.3) is 5.91 Å². The van der Waals surface area contributed by atoms with Gasteiger partial charge < -0.3 is 5.32 Å². The molecule has 0 aliphatic heterocycles. The van der Waals surface area contributed by atoms with E-state index in [4.69, 9.17) is 0 Å². The van der Waals surface area contributed by atoms with Crippen LogP contribution in [0.1, 0.15) is 21.6 Å². The molecule has 3 nitrogen and oxygen atoms in total. The van der Waals surface area contributed by atoms with E-state index in [1.165, 1.54) is 6.07 Å². The lowest BCUT2D eigenvalue weighted by Gasteiger charge is -2.06. The number of hydrogen-bond donors (Lipinski definition) is 1. The van der Waals surface area contributed by atoms with Crippen molar-refractivity contribution in [1.82, 2.24) is 10.3 Å². The van der Waals surface area contributed by atoms with E-state index in [9.17, 15) is 9.18 Å². The molecule has 0 radical (unpaired) electrons. The summed E-state index contributed by atoms with van der Waals surface area (Å²) in [4.78, 5) is 15.9. The average molecular weight is 323 g/mol. The van der Waals surface area contributed by atoms with Gasteiger partial charge in [-0.15, -0.1) is 0 Å². The Labute approximate surface area is 119 Å². The van der Waals surface area contributed by atoms with E-state index >= 15 is 0 Å². The number of amides is 1. The molecule has 5 heteroatoms. The lowest BCUT2D eigenvalue weighted by atomic mass is 10.1. The third-order valence-electron chi connectivity index (χ3n) is 2.64. The minimum Gasteiger partial charge on any atom is -0.347 e. The number of aryl methyl sites for hydroxylation is 1. The number of halogens is 2. The molecular formula is C14H12BrFN2O. The second kappa shape index (κ2) is 5.93. The van der Waals surface area contributed by atoms with Gasteiger partial charge in [0.05, 0.1) is 0 Å². The van der Waals surface area contributed by atoms with Gasteiger partial charge in [0.15, 0.2) is 0 Å². The molecule has 98 valence electrons. The summed E-state index contributed by atoms with van der Waals surface area (Å²) in [7, 11) is 0. The maximum absolute atomic E-state index is 13.3. The lowest BCUT2D eigenvalue weighted by Crippen LogP contribution is -2.23. The number of benzene rings is 1. The van der Waals surface area contributed by atoms with Crippen molar-refractivity contribution in [2.45, 2.75) is 13.5 Å². The van der Waals surface area contributed by atoms with Gasteiger partial charge >= 0.3 is 0 Å². The number of rotatable bonds is 3. The minimum absolute atomic E-state index is 0.268. The van der Waals surface area contributed by atoms with Gasteiger partial charge in [-0.2, -0.15) is 0 Å². The van der Waals surface area contributed by atoms with Gasteiger partial charge in [-0.25, -0.2) is 9.37 Å². The van der Waals surface area contributed by atoms with Crippen LogP contribution in [-0.2, 0) is 6.54 Å². The third-order valence-corrected chi connectivity index (χ3v) is 3.08. The molecule has 0 saturated carbocycles. The zero-order valence-corrected chi connectivity index (χ0v) is 11.9. The van der Waals surface area contributed by atoms with Gasteiger partial charge in [-0.05, 0) is 52.2 Å². The molecule has 1 amide bonds. The van der Waals surface area contributed by atoms with E-state index < -0.39 is 0 Å². The number of carbonyl (C=O) groups excluding carboxylic acids is 1. The molecule has 0 spiro atoms. The average Bonchev–Trinajstić information content (AvgIpc) is 2.40. The Morgan fingerprint density at radius 2 is 2.16 bits per heavy atom. The second-order valence-corrected chi connectivity index (χ2v) is 4.92. The van der Waals surface area contributed by atoms with E-state index in [-0.39, 0.29) is 18.3 Å². The highest BCUT2D eigenvalue weighted by Crippen LogP contribution is 2.10. The molecule has 0 bridgehead atoms. The summed E-state index contributed by atoms with van der Waals surface area (Å²) >= 11 is 3.20. The summed E-state index contributed by atoms with van der Waals surface area (Å²) < 4.78 is 13.9. The second-order valence-electron chi connectivity index (χ2n) is 4.11. The molecule has 0 fully saturated rings. The number of nitrogens with zero attached hydrogens (tertiary/aromatic N) is 1. The van der Waals surface area contributed by atoms with Crippen molar-refractivity contribution in [2.24, 2.45) is 0 Å². The van der Waals surface area contributed by atoms with Crippen LogP contribution in [0.2, 0.25) is 0 Å². The maximum atomic E-state index is 13.3. The molecule has 0 aliphatic carbocycles. The highest BCUT2D eigenvalue weighted by Gasteiger charge is 2.07. The van der Waals surface area contributed by atoms with Crippen LogP contribution in [-0.4, -0.2) is 10.9 Å². The van der Waals surface area contributed by atoms with Crippen LogP contribution in [0.25, 0.3) is 0 Å². The Bertz CT molecular complexity index is 616. The fourth-order valence-electron chi connectivity index (χ4n) is 1.55. The summed E-state index contributed by atoms with van der Waals surface area (Å²) in [6, 6.07) is 9.99. The third kappa shape index (κ3) is 3.61. The molecule has 1 N–H and O–H groups in total. The number of nitrogens with one attached hydrogen (secondary N) is 1. The van der Waals surface area contributed by atoms with Crippen molar-refractivity contribution in [3.05, 3.63) is 63.6 Å². The molecule has 1 aromatic carbocycles. The molecule has 2 aromatic rings. The highest BCUT2D eigenvalue weighted by atomic mass is 79.9. The fraction of sp³-hybridized carbons (Fsp3) is 0.143. The van der Waals surface area contributed by atoms with Crippen LogP contribution in [0.4, 0.5) is 4.39 Å². The van der Waals surface area contributed by atoms with E-state index in [1.54, 1.807) is 37.3 Å². The zero-order valence-electron chi connectivity index (χ0n) is 10.3. The summed E-state index contributed by atoms with van der Waals surface area (Å²) in [6.07, 6.45) is 0. The number of carbonyl (C=O) groups is 1. The molecule has 19 heavy (non-hydrogen) atoms. The monoisotopic (exact) mass is 322 g/mol. The number of aromatic nitrogens is 1. The minimum atomic E-state index is -0.290. The van der Waals surface area contributed by atoms with Crippen molar-refractivity contribution >= 4 is 21.8 Å². The molecule has 0 saturated heterocycles. The Morgan fingerprint density at radius 3 is 2.84 bits per heavy atom. The first-order chi connectivity index (χ1) is 9.06. The Kier molecular flexibility index (Phi) is 4.27. The van der Waals surface area contributed by atoms with Gasteiger partial charge in [-0.1, -0.05) is 18.2 Å². The standard InChI is InChI=1S/C14H12BrFN2O/c1-9-5-6-10(7-11(9)16)8-17-14(19)12-3-2-4-13(15)18-12/h2-7H,8H2,1H3,(H,17,19). The van der Waals surface area contributed by atoms with Gasteiger partial charge in [0.1, 0.15) is 16.1 Å². The van der Waals surface area contributed by atoms with Crippen molar-refractivity contribution in [2.75, 3.05) is 0 Å². The molecule has 1 heterocycles. The normalized spacial score (nSPS) is 10.3. The van der Waals surface area contributed by atoms with Gasteiger partial charge in [0.2, 0.25) is 0 Å². The Balaban J connectivity index is 2.02. The SMILES string of the molecule is Cc1ccc(CNC(=O)c2cccc(Br)n2)cc1F. The topological polar surface area (TPSA) is 42.0 Å². The molecule has 0 aliphatic rings. The Hall–Kier alpha value is -1.75. The van der Waals surface area contributed by atoms with Crippen LogP contribution in [0, 0.1) is 12.7 Å². The van der Waals surface area contributed by atoms with E-state index in [1.807, 2.05) is 0 Å².